The first kappa shape index (κ1) is 23.9. The summed E-state index contributed by atoms with van der Waals surface area (Å²) in [5.41, 5.74) is 2.99. The minimum Gasteiger partial charge on any atom is -0.489 e. The number of rotatable bonds is 8. The number of aliphatic hydroxyl groups is 1. The van der Waals surface area contributed by atoms with Crippen LogP contribution in [-0.2, 0) is 16.1 Å². The lowest BCUT2D eigenvalue weighted by Gasteiger charge is -2.25. The minimum absolute atomic E-state index is 0.0930. The molecule has 1 aliphatic rings. The Kier molecular flexibility index (Phi) is 7.24. The Morgan fingerprint density at radius 3 is 2.47 bits per heavy atom. The predicted octanol–water partition coefficient (Wildman–Crippen LogP) is 4.97. The fourth-order valence-corrected chi connectivity index (χ4v) is 5.45. The third-order valence-corrected chi connectivity index (χ3v) is 7.43. The molecule has 34 heavy (non-hydrogen) atoms. The van der Waals surface area contributed by atoms with Crippen LogP contribution >= 0.6 is 11.8 Å². The van der Waals surface area contributed by atoms with Crippen molar-refractivity contribution in [3.05, 3.63) is 95.6 Å². The van der Waals surface area contributed by atoms with Crippen molar-refractivity contribution in [1.29, 1.82) is 0 Å². The molecule has 176 valence electrons. The Bertz CT molecular complexity index is 1150. The van der Waals surface area contributed by atoms with Gasteiger partial charge in [0.1, 0.15) is 17.7 Å². The summed E-state index contributed by atoms with van der Waals surface area (Å²) in [6.07, 6.45) is 0.332. The van der Waals surface area contributed by atoms with Gasteiger partial charge in [0.05, 0.1) is 17.4 Å². The molecule has 0 radical (unpaired) electrons. The molecule has 0 aromatic heterocycles. The highest BCUT2D eigenvalue weighted by Gasteiger charge is 2.50. The van der Waals surface area contributed by atoms with Gasteiger partial charge in [-0.2, -0.15) is 0 Å². The summed E-state index contributed by atoms with van der Waals surface area (Å²) in [7, 11) is 1.33. The summed E-state index contributed by atoms with van der Waals surface area (Å²) < 4.78 is 9.96. The number of carbonyl (C=O) groups excluding carboxylic acids is 2. The van der Waals surface area contributed by atoms with Crippen LogP contribution in [0, 0.1) is 0 Å². The molecule has 3 aromatic rings. The minimum atomic E-state index is -0.789. The number of ether oxygens (including phenoxy) is 2. The zero-order valence-corrected chi connectivity index (χ0v) is 20.0. The van der Waals surface area contributed by atoms with Crippen molar-refractivity contribution in [2.45, 2.75) is 30.1 Å². The van der Waals surface area contributed by atoms with Crippen molar-refractivity contribution in [2.75, 3.05) is 18.6 Å². The van der Waals surface area contributed by atoms with Crippen LogP contribution in [0.1, 0.15) is 40.2 Å². The quantitative estimate of drug-likeness (QED) is 0.462. The Balaban J connectivity index is 1.61. The van der Waals surface area contributed by atoms with Gasteiger partial charge in [-0.25, -0.2) is 4.79 Å². The lowest BCUT2D eigenvalue weighted by molar-refractivity contribution is -0.120. The Morgan fingerprint density at radius 2 is 1.79 bits per heavy atom. The number of hydrogen-bond donors (Lipinski definition) is 1. The number of hydrogen-bond acceptors (Lipinski definition) is 6. The molecule has 1 N–H and O–H groups in total. The number of aliphatic hydroxyl groups excluding tert-OH is 1. The molecule has 0 aliphatic carbocycles. The van der Waals surface area contributed by atoms with E-state index in [9.17, 15) is 14.7 Å². The van der Waals surface area contributed by atoms with Crippen LogP contribution < -0.4 is 9.64 Å². The van der Waals surface area contributed by atoms with Gasteiger partial charge in [-0.1, -0.05) is 48.5 Å². The van der Waals surface area contributed by atoms with Crippen LogP contribution in [0.2, 0.25) is 0 Å². The number of amides is 1. The van der Waals surface area contributed by atoms with E-state index in [1.165, 1.54) is 18.9 Å². The first-order valence-corrected chi connectivity index (χ1v) is 11.9. The molecule has 0 spiro atoms. The maximum absolute atomic E-state index is 13.5. The highest BCUT2D eigenvalue weighted by atomic mass is 32.2. The van der Waals surface area contributed by atoms with Crippen LogP contribution in [0.4, 0.5) is 5.69 Å². The highest BCUT2D eigenvalue weighted by molar-refractivity contribution is 8.02. The molecule has 7 heteroatoms. The maximum atomic E-state index is 13.5. The standard InChI is InChI=1S/C27H27NO5S/c1-27(15-16-29)26(31)28(22-10-6-9-21(17-22)25(30)32-2)24(34-27)20-11-13-23(14-12-20)33-18-19-7-4-3-5-8-19/h3-14,17,24,29H,15-16,18H2,1-2H3. The second-order valence-electron chi connectivity index (χ2n) is 8.24. The van der Waals surface area contributed by atoms with Gasteiger partial charge in [-0.05, 0) is 54.8 Å². The topological polar surface area (TPSA) is 76.1 Å². The van der Waals surface area contributed by atoms with Gasteiger partial charge >= 0.3 is 5.97 Å². The molecule has 3 aromatic carbocycles. The molecule has 4 rings (SSSR count). The molecule has 6 nitrogen and oxygen atoms in total. The van der Waals surface area contributed by atoms with Crippen molar-refractivity contribution >= 4 is 29.3 Å². The predicted molar refractivity (Wildman–Crippen MR) is 133 cm³/mol. The first-order chi connectivity index (χ1) is 16.4. The summed E-state index contributed by atoms with van der Waals surface area (Å²) in [5, 5.41) is 9.28. The number of benzene rings is 3. The molecule has 1 amide bonds. The molecule has 1 heterocycles. The SMILES string of the molecule is COC(=O)c1cccc(N2C(=O)C(C)(CCO)SC2c2ccc(OCc3ccccc3)cc2)c1. The Morgan fingerprint density at radius 1 is 1.06 bits per heavy atom. The summed E-state index contributed by atoms with van der Waals surface area (Å²) in [6, 6.07) is 24.5. The second-order valence-corrected chi connectivity index (χ2v) is 9.82. The molecule has 2 unspecified atom stereocenters. The van der Waals surface area contributed by atoms with E-state index in [2.05, 4.69) is 0 Å². The van der Waals surface area contributed by atoms with E-state index >= 15 is 0 Å². The van der Waals surface area contributed by atoms with E-state index in [-0.39, 0.29) is 17.9 Å². The fourth-order valence-electron chi connectivity index (χ4n) is 3.93. The number of carbonyl (C=O) groups is 2. The van der Waals surface area contributed by atoms with Gasteiger partial charge in [0.25, 0.3) is 0 Å². The van der Waals surface area contributed by atoms with E-state index in [1.807, 2.05) is 61.5 Å². The third-order valence-electron chi connectivity index (χ3n) is 5.83. The normalized spacial score (nSPS) is 19.8. The number of thioether (sulfide) groups is 1. The number of esters is 1. The number of nitrogens with zero attached hydrogens (tertiary/aromatic N) is 1. The molecule has 1 aliphatic heterocycles. The third kappa shape index (κ3) is 4.95. The van der Waals surface area contributed by atoms with Crippen LogP contribution in [0.15, 0.2) is 78.9 Å². The average Bonchev–Trinajstić information content (AvgIpc) is 3.13. The lowest BCUT2D eigenvalue weighted by Crippen LogP contribution is -2.38. The first-order valence-electron chi connectivity index (χ1n) is 11.0. The summed E-state index contributed by atoms with van der Waals surface area (Å²) in [4.78, 5) is 27.3. The Labute approximate surface area is 203 Å². The largest absolute Gasteiger partial charge is 0.489 e. The van der Waals surface area contributed by atoms with Crippen LogP contribution in [-0.4, -0.2) is 35.4 Å². The van der Waals surface area contributed by atoms with Crippen molar-refractivity contribution in [2.24, 2.45) is 0 Å². The summed E-state index contributed by atoms with van der Waals surface area (Å²) in [5.74, 6) is 0.165. The monoisotopic (exact) mass is 477 g/mol. The van der Waals surface area contributed by atoms with Gasteiger partial charge in [-0.15, -0.1) is 11.8 Å². The van der Waals surface area contributed by atoms with Crippen molar-refractivity contribution in [3.8, 4) is 5.75 Å². The van der Waals surface area contributed by atoms with E-state index in [0.717, 1.165) is 16.9 Å². The van der Waals surface area contributed by atoms with E-state index in [4.69, 9.17) is 9.47 Å². The summed E-state index contributed by atoms with van der Waals surface area (Å²) >= 11 is 1.50. The summed E-state index contributed by atoms with van der Waals surface area (Å²) in [6.45, 7) is 2.23. The van der Waals surface area contributed by atoms with E-state index in [0.29, 0.717) is 24.3 Å². The second kappa shape index (κ2) is 10.3. The molecule has 0 bridgehead atoms. The number of anilines is 1. The van der Waals surface area contributed by atoms with E-state index in [1.54, 1.807) is 29.2 Å². The van der Waals surface area contributed by atoms with Crippen LogP contribution in [0.5, 0.6) is 5.75 Å². The van der Waals surface area contributed by atoms with Crippen molar-refractivity contribution in [1.82, 2.24) is 0 Å². The van der Waals surface area contributed by atoms with Gasteiger partial charge in [-0.3, -0.25) is 9.69 Å². The molecular formula is C27H27NO5S. The van der Waals surface area contributed by atoms with Gasteiger partial charge < -0.3 is 14.6 Å². The molecule has 1 saturated heterocycles. The molecular weight excluding hydrogens is 450 g/mol. The van der Waals surface area contributed by atoms with Gasteiger partial charge in [0.15, 0.2) is 0 Å². The maximum Gasteiger partial charge on any atom is 0.337 e. The number of methoxy groups -OCH3 is 1. The van der Waals surface area contributed by atoms with Crippen LogP contribution in [0.3, 0.4) is 0 Å². The molecule has 2 atom stereocenters. The zero-order chi connectivity index (χ0) is 24.1. The molecule has 1 fully saturated rings. The highest BCUT2D eigenvalue weighted by Crippen LogP contribution is 2.52. The van der Waals surface area contributed by atoms with Gasteiger partial charge in [0, 0.05) is 12.3 Å². The average molecular weight is 478 g/mol. The van der Waals surface area contributed by atoms with Crippen molar-refractivity contribution in [3.63, 3.8) is 0 Å². The van der Waals surface area contributed by atoms with Crippen LogP contribution in [0.25, 0.3) is 0 Å². The zero-order valence-electron chi connectivity index (χ0n) is 19.1. The van der Waals surface area contributed by atoms with E-state index < -0.39 is 10.7 Å². The van der Waals surface area contributed by atoms with Gasteiger partial charge in [0.2, 0.25) is 5.91 Å². The lowest BCUT2D eigenvalue weighted by atomic mass is 10.0. The Hall–Kier alpha value is -3.29. The fraction of sp³-hybridized carbons (Fsp3) is 0.259. The molecule has 0 saturated carbocycles. The van der Waals surface area contributed by atoms with Crippen molar-refractivity contribution < 1.29 is 24.2 Å². The smallest absolute Gasteiger partial charge is 0.337 e.